The number of amides is 1. The van der Waals surface area contributed by atoms with E-state index in [1.807, 2.05) is 25.7 Å². The van der Waals surface area contributed by atoms with E-state index in [-0.39, 0.29) is 6.09 Å². The molecule has 3 aliphatic rings. The summed E-state index contributed by atoms with van der Waals surface area (Å²) in [6.07, 6.45) is 3.78. The number of fused-ring (bicyclic) bond motifs is 1. The highest BCUT2D eigenvalue weighted by Gasteiger charge is 2.57. The van der Waals surface area contributed by atoms with Crippen molar-refractivity contribution >= 4 is 6.09 Å². The van der Waals surface area contributed by atoms with Gasteiger partial charge in [-0.1, -0.05) is 20.8 Å². The van der Waals surface area contributed by atoms with Gasteiger partial charge in [-0.25, -0.2) is 4.79 Å². The fraction of sp³-hybridized carbons (Fsp3) is 0.947. The van der Waals surface area contributed by atoms with Gasteiger partial charge in [0, 0.05) is 25.2 Å². The van der Waals surface area contributed by atoms with E-state index in [9.17, 15) is 4.79 Å². The number of ether oxygens (including phenoxy) is 1. The van der Waals surface area contributed by atoms with Gasteiger partial charge in [0.05, 0.1) is 0 Å². The lowest BCUT2D eigenvalue weighted by Gasteiger charge is -2.40. The molecule has 0 aromatic carbocycles. The molecule has 4 atom stereocenters. The monoisotopic (exact) mass is 322 g/mol. The maximum Gasteiger partial charge on any atom is 0.410 e. The Morgan fingerprint density at radius 2 is 1.78 bits per heavy atom. The predicted molar refractivity (Wildman–Crippen MR) is 92.3 cm³/mol. The number of hydrogen-bond acceptors (Lipinski definition) is 3. The molecule has 1 N–H and O–H groups in total. The Labute approximate surface area is 141 Å². The molecule has 1 amide bonds. The molecule has 1 heterocycles. The van der Waals surface area contributed by atoms with Crippen LogP contribution >= 0.6 is 0 Å². The molecule has 2 saturated carbocycles. The second-order valence-electron chi connectivity index (χ2n) is 10.0. The number of carbonyl (C=O) groups is 1. The summed E-state index contributed by atoms with van der Waals surface area (Å²) >= 11 is 0. The van der Waals surface area contributed by atoms with Gasteiger partial charge >= 0.3 is 6.09 Å². The lowest BCUT2D eigenvalue weighted by Crippen LogP contribution is -2.44. The van der Waals surface area contributed by atoms with Crippen molar-refractivity contribution in [1.82, 2.24) is 10.2 Å². The second-order valence-corrected chi connectivity index (χ2v) is 10.0. The lowest BCUT2D eigenvalue weighted by atomic mass is 9.70. The van der Waals surface area contributed by atoms with E-state index in [1.165, 1.54) is 19.3 Å². The molecule has 0 radical (unpaired) electrons. The molecule has 0 bridgehead atoms. The van der Waals surface area contributed by atoms with Crippen LogP contribution in [0, 0.1) is 23.2 Å². The smallest absolute Gasteiger partial charge is 0.410 e. The average molecular weight is 322 g/mol. The number of nitrogens with one attached hydrogen (secondary N) is 1. The van der Waals surface area contributed by atoms with Crippen molar-refractivity contribution in [1.29, 1.82) is 0 Å². The zero-order valence-electron chi connectivity index (χ0n) is 15.7. The zero-order valence-corrected chi connectivity index (χ0v) is 15.7. The van der Waals surface area contributed by atoms with Gasteiger partial charge in [-0.15, -0.1) is 0 Å². The van der Waals surface area contributed by atoms with Crippen molar-refractivity contribution in [3.8, 4) is 0 Å². The first-order chi connectivity index (χ1) is 10.5. The lowest BCUT2D eigenvalue weighted by molar-refractivity contribution is 0.0267. The molecule has 132 valence electrons. The summed E-state index contributed by atoms with van der Waals surface area (Å²) in [4.78, 5) is 14.0. The molecule has 4 unspecified atom stereocenters. The van der Waals surface area contributed by atoms with E-state index >= 15 is 0 Å². The summed E-state index contributed by atoms with van der Waals surface area (Å²) in [5.41, 5.74) is 0.0627. The van der Waals surface area contributed by atoms with Gasteiger partial charge in [-0.3, -0.25) is 0 Å². The number of piperidine rings is 1. The molecule has 1 aliphatic heterocycles. The van der Waals surface area contributed by atoms with Gasteiger partial charge in [-0.05, 0) is 63.2 Å². The van der Waals surface area contributed by atoms with Crippen molar-refractivity contribution in [2.45, 2.75) is 78.5 Å². The molecule has 0 aromatic heterocycles. The Hall–Kier alpha value is -0.770. The highest BCUT2D eigenvalue weighted by Crippen LogP contribution is 2.47. The standard InChI is InChI=1S/C19H34N2O2/c1-12-7-13(9-19(5,6)8-12)20-16-14-10-21(11-15(14)16)17(22)23-18(2,3)4/h12-16,20H,7-11H2,1-6H3. The quantitative estimate of drug-likeness (QED) is 0.843. The topological polar surface area (TPSA) is 41.6 Å². The van der Waals surface area contributed by atoms with Gasteiger partial charge < -0.3 is 15.0 Å². The van der Waals surface area contributed by atoms with E-state index in [0.717, 1.165) is 19.0 Å². The van der Waals surface area contributed by atoms with Gasteiger partial charge in [0.25, 0.3) is 0 Å². The van der Waals surface area contributed by atoms with Crippen LogP contribution in [0.1, 0.15) is 60.8 Å². The van der Waals surface area contributed by atoms with Crippen LogP contribution in [0.15, 0.2) is 0 Å². The number of likely N-dealkylation sites (tertiary alicyclic amines) is 1. The predicted octanol–water partition coefficient (Wildman–Crippen LogP) is 3.66. The van der Waals surface area contributed by atoms with Crippen LogP contribution in [0.3, 0.4) is 0 Å². The average Bonchev–Trinajstić information content (AvgIpc) is 2.80. The van der Waals surface area contributed by atoms with Crippen LogP contribution < -0.4 is 5.32 Å². The van der Waals surface area contributed by atoms with Crippen LogP contribution in [0.2, 0.25) is 0 Å². The summed E-state index contributed by atoms with van der Waals surface area (Å²) < 4.78 is 5.48. The van der Waals surface area contributed by atoms with E-state index in [4.69, 9.17) is 4.74 Å². The summed E-state index contributed by atoms with van der Waals surface area (Å²) in [7, 11) is 0. The summed E-state index contributed by atoms with van der Waals surface area (Å²) in [5, 5.41) is 3.91. The molecule has 4 heteroatoms. The third kappa shape index (κ3) is 4.01. The summed E-state index contributed by atoms with van der Waals surface area (Å²) in [5.74, 6) is 2.10. The number of nitrogens with zero attached hydrogens (tertiary/aromatic N) is 1. The Morgan fingerprint density at radius 3 is 2.30 bits per heavy atom. The molecule has 2 aliphatic carbocycles. The van der Waals surface area contributed by atoms with Gasteiger partial charge in [0.1, 0.15) is 5.60 Å². The van der Waals surface area contributed by atoms with Gasteiger partial charge in [-0.2, -0.15) is 0 Å². The van der Waals surface area contributed by atoms with Crippen molar-refractivity contribution in [2.24, 2.45) is 23.2 Å². The Morgan fingerprint density at radius 1 is 1.17 bits per heavy atom. The molecule has 23 heavy (non-hydrogen) atoms. The third-order valence-corrected chi connectivity index (χ3v) is 5.66. The van der Waals surface area contributed by atoms with Gasteiger partial charge in [0.15, 0.2) is 0 Å². The number of carbonyl (C=O) groups excluding carboxylic acids is 1. The van der Waals surface area contributed by atoms with Crippen molar-refractivity contribution < 1.29 is 9.53 Å². The second kappa shape index (κ2) is 5.65. The van der Waals surface area contributed by atoms with Crippen molar-refractivity contribution in [3.63, 3.8) is 0 Å². The first-order valence-corrected chi connectivity index (χ1v) is 9.28. The largest absolute Gasteiger partial charge is 0.444 e. The van der Waals surface area contributed by atoms with Crippen molar-refractivity contribution in [3.05, 3.63) is 0 Å². The minimum Gasteiger partial charge on any atom is -0.444 e. The Balaban J connectivity index is 1.46. The maximum atomic E-state index is 12.1. The van der Waals surface area contributed by atoms with Crippen molar-refractivity contribution in [2.75, 3.05) is 13.1 Å². The molecule has 3 rings (SSSR count). The SMILES string of the molecule is CC1CC(NC2C3CN(C(=O)OC(C)(C)C)CC32)CC(C)(C)C1. The molecule has 0 aromatic rings. The normalized spacial score (nSPS) is 39.0. The summed E-state index contributed by atoms with van der Waals surface area (Å²) in [6.45, 7) is 14.7. The van der Waals surface area contributed by atoms with E-state index in [1.54, 1.807) is 0 Å². The van der Waals surface area contributed by atoms with Crippen LogP contribution in [0.4, 0.5) is 4.79 Å². The molecule has 1 saturated heterocycles. The zero-order chi connectivity index (χ0) is 17.0. The highest BCUT2D eigenvalue weighted by atomic mass is 16.6. The maximum absolute atomic E-state index is 12.1. The number of rotatable bonds is 2. The Bertz CT molecular complexity index is 456. The molecule has 3 fully saturated rings. The van der Waals surface area contributed by atoms with Crippen LogP contribution in [0.5, 0.6) is 0 Å². The minimum atomic E-state index is -0.397. The van der Waals surface area contributed by atoms with E-state index < -0.39 is 5.60 Å². The Kier molecular flexibility index (Phi) is 4.19. The van der Waals surface area contributed by atoms with Gasteiger partial charge in [0.2, 0.25) is 0 Å². The van der Waals surface area contributed by atoms with Crippen LogP contribution in [0.25, 0.3) is 0 Å². The number of hydrogen-bond donors (Lipinski definition) is 1. The van der Waals surface area contributed by atoms with E-state index in [0.29, 0.717) is 29.3 Å². The van der Waals surface area contributed by atoms with Crippen LogP contribution in [-0.4, -0.2) is 41.8 Å². The molecular weight excluding hydrogens is 288 g/mol. The molecular formula is C19H34N2O2. The van der Waals surface area contributed by atoms with E-state index in [2.05, 4.69) is 26.1 Å². The molecule has 4 nitrogen and oxygen atoms in total. The first-order valence-electron chi connectivity index (χ1n) is 9.28. The summed E-state index contributed by atoms with van der Waals surface area (Å²) in [6, 6.07) is 1.28. The fourth-order valence-corrected chi connectivity index (χ4v) is 4.99. The first kappa shape index (κ1) is 17.1. The fourth-order valence-electron chi connectivity index (χ4n) is 4.99. The third-order valence-electron chi connectivity index (χ3n) is 5.66. The van der Waals surface area contributed by atoms with Crippen LogP contribution in [-0.2, 0) is 4.74 Å². The molecule has 0 spiro atoms. The highest BCUT2D eigenvalue weighted by molar-refractivity contribution is 5.69. The minimum absolute atomic E-state index is 0.143.